The van der Waals surface area contributed by atoms with Gasteiger partial charge in [0.25, 0.3) is 5.91 Å². The molecule has 0 saturated carbocycles. The maximum Gasteiger partial charge on any atom is 0.325 e. The molecule has 1 aromatic rings. The Morgan fingerprint density at radius 1 is 1.03 bits per heavy atom. The zero-order valence-corrected chi connectivity index (χ0v) is 18.0. The summed E-state index contributed by atoms with van der Waals surface area (Å²) < 4.78 is 0. The number of imide groups is 1. The third-order valence-electron chi connectivity index (χ3n) is 6.28. The molecule has 3 amide bonds. The molecular formula is C22H32N6O2. The molecule has 3 aliphatic rings. The highest BCUT2D eigenvalue weighted by Gasteiger charge is 2.48. The lowest BCUT2D eigenvalue weighted by Gasteiger charge is -2.38. The number of aliphatic imine (C=N–C) groups is 1. The van der Waals surface area contributed by atoms with E-state index in [1.54, 1.807) is 11.9 Å². The van der Waals surface area contributed by atoms with Gasteiger partial charge in [-0.15, -0.1) is 0 Å². The summed E-state index contributed by atoms with van der Waals surface area (Å²) >= 11 is 0. The molecule has 3 aliphatic heterocycles. The highest BCUT2D eigenvalue weighted by Crippen LogP contribution is 2.25. The lowest BCUT2D eigenvalue weighted by atomic mass is 10.1. The third-order valence-corrected chi connectivity index (χ3v) is 6.28. The number of nitrogens with one attached hydrogen (secondary N) is 1. The monoisotopic (exact) mass is 412 g/mol. The van der Waals surface area contributed by atoms with Gasteiger partial charge >= 0.3 is 6.03 Å². The Balaban J connectivity index is 1.39. The SMILES string of the molecule is CCCCN1C(CN2CCN(Cc3ccccc3)CC2)=NC2C1C(=O)NC(=O)N2C. The first kappa shape index (κ1) is 20.8. The average molecular weight is 413 g/mol. The van der Waals surface area contributed by atoms with E-state index in [4.69, 9.17) is 4.99 Å². The number of unbranched alkanes of at least 4 members (excludes halogenated alkanes) is 1. The molecule has 0 spiro atoms. The number of urea groups is 1. The van der Waals surface area contributed by atoms with Crippen LogP contribution in [-0.2, 0) is 11.3 Å². The number of amides is 3. The molecule has 0 bridgehead atoms. The minimum absolute atomic E-state index is 0.231. The summed E-state index contributed by atoms with van der Waals surface area (Å²) in [6.07, 6.45) is 1.63. The van der Waals surface area contributed by atoms with Gasteiger partial charge < -0.3 is 9.80 Å². The zero-order valence-electron chi connectivity index (χ0n) is 18.0. The summed E-state index contributed by atoms with van der Waals surface area (Å²) in [4.78, 5) is 38.0. The maximum absolute atomic E-state index is 12.6. The normalized spacial score (nSPS) is 25.3. The highest BCUT2D eigenvalue weighted by molar-refractivity contribution is 6.04. The molecule has 30 heavy (non-hydrogen) atoms. The minimum Gasteiger partial charge on any atom is -0.344 e. The lowest BCUT2D eigenvalue weighted by Crippen LogP contribution is -2.64. The molecule has 0 radical (unpaired) electrons. The van der Waals surface area contributed by atoms with Crippen LogP contribution >= 0.6 is 0 Å². The molecule has 8 nitrogen and oxygen atoms in total. The van der Waals surface area contributed by atoms with E-state index in [1.807, 2.05) is 0 Å². The van der Waals surface area contributed by atoms with Crippen LogP contribution in [0.15, 0.2) is 35.3 Å². The predicted molar refractivity (Wildman–Crippen MR) is 116 cm³/mol. The number of hydrogen-bond acceptors (Lipinski definition) is 6. The Morgan fingerprint density at radius 3 is 2.37 bits per heavy atom. The molecule has 3 heterocycles. The molecule has 2 unspecified atom stereocenters. The van der Waals surface area contributed by atoms with Crippen LogP contribution in [-0.4, -0.2) is 95.9 Å². The second-order valence-electron chi connectivity index (χ2n) is 8.39. The van der Waals surface area contributed by atoms with E-state index in [1.165, 1.54) is 5.56 Å². The number of piperazine rings is 1. The molecule has 0 aromatic heterocycles. The fraction of sp³-hybridized carbons (Fsp3) is 0.591. The Hall–Kier alpha value is -2.45. The second-order valence-corrected chi connectivity index (χ2v) is 8.39. The standard InChI is InChI=1S/C22H32N6O2/c1-3-4-10-28-18(23-20-19(28)21(29)24-22(30)25(20)2)16-27-13-11-26(12-14-27)15-17-8-6-5-7-9-17/h5-9,19-20H,3-4,10-16H2,1-2H3,(H,24,29,30). The van der Waals surface area contributed by atoms with Gasteiger partial charge in [-0.3, -0.25) is 19.9 Å². The van der Waals surface area contributed by atoms with Crippen LogP contribution in [0.5, 0.6) is 0 Å². The number of benzene rings is 1. The number of likely N-dealkylation sites (N-methyl/N-ethyl adjacent to an activating group) is 1. The van der Waals surface area contributed by atoms with E-state index in [0.29, 0.717) is 0 Å². The molecule has 162 valence electrons. The maximum atomic E-state index is 12.6. The van der Waals surface area contributed by atoms with E-state index in [0.717, 1.165) is 64.5 Å². The van der Waals surface area contributed by atoms with Crippen LogP contribution in [0.25, 0.3) is 0 Å². The van der Waals surface area contributed by atoms with Crippen LogP contribution in [0, 0.1) is 0 Å². The fourth-order valence-electron chi connectivity index (χ4n) is 4.46. The number of nitrogens with zero attached hydrogens (tertiary/aromatic N) is 5. The number of rotatable bonds is 7. The first-order valence-electron chi connectivity index (χ1n) is 11.0. The second kappa shape index (κ2) is 9.14. The Bertz CT molecular complexity index is 790. The van der Waals surface area contributed by atoms with Crippen LogP contribution in [0.3, 0.4) is 0 Å². The van der Waals surface area contributed by atoms with E-state index >= 15 is 0 Å². The van der Waals surface area contributed by atoms with Crippen molar-refractivity contribution in [2.45, 2.75) is 38.5 Å². The average Bonchev–Trinajstić information content (AvgIpc) is 3.11. The molecule has 4 rings (SSSR count). The van der Waals surface area contributed by atoms with Gasteiger partial charge in [-0.2, -0.15) is 0 Å². The highest BCUT2D eigenvalue weighted by atomic mass is 16.2. The van der Waals surface area contributed by atoms with Gasteiger partial charge in [-0.05, 0) is 12.0 Å². The smallest absolute Gasteiger partial charge is 0.325 e. The molecular weight excluding hydrogens is 380 g/mol. The summed E-state index contributed by atoms with van der Waals surface area (Å²) in [5.41, 5.74) is 1.35. The van der Waals surface area contributed by atoms with E-state index in [-0.39, 0.29) is 11.9 Å². The van der Waals surface area contributed by atoms with Crippen LogP contribution in [0.1, 0.15) is 25.3 Å². The molecule has 2 atom stereocenters. The number of fused-ring (bicyclic) bond motifs is 1. The van der Waals surface area contributed by atoms with Crippen molar-refractivity contribution < 1.29 is 9.59 Å². The summed E-state index contributed by atoms with van der Waals surface area (Å²) in [7, 11) is 1.71. The van der Waals surface area contributed by atoms with Gasteiger partial charge in [-0.1, -0.05) is 43.7 Å². The predicted octanol–water partition coefficient (Wildman–Crippen LogP) is 1.19. The van der Waals surface area contributed by atoms with Crippen molar-refractivity contribution in [3.8, 4) is 0 Å². The third kappa shape index (κ3) is 4.34. The van der Waals surface area contributed by atoms with Gasteiger partial charge in [0.1, 0.15) is 5.84 Å². The molecule has 1 N–H and O–H groups in total. The first-order valence-corrected chi connectivity index (χ1v) is 11.0. The van der Waals surface area contributed by atoms with Crippen molar-refractivity contribution >= 4 is 17.8 Å². The van der Waals surface area contributed by atoms with Gasteiger partial charge in [0.2, 0.25) is 0 Å². The lowest BCUT2D eigenvalue weighted by molar-refractivity contribution is -0.127. The van der Waals surface area contributed by atoms with Crippen molar-refractivity contribution in [2.24, 2.45) is 4.99 Å². The molecule has 8 heteroatoms. The topological polar surface area (TPSA) is 71.5 Å². The summed E-state index contributed by atoms with van der Waals surface area (Å²) in [5.74, 6) is 0.706. The number of amidine groups is 1. The van der Waals surface area contributed by atoms with Crippen LogP contribution in [0.4, 0.5) is 4.79 Å². The minimum atomic E-state index is -0.419. The number of hydrogen-bond donors (Lipinski definition) is 1. The summed E-state index contributed by atoms with van der Waals surface area (Å²) in [5, 5.41) is 2.47. The molecule has 0 aliphatic carbocycles. The fourth-order valence-corrected chi connectivity index (χ4v) is 4.46. The zero-order chi connectivity index (χ0) is 21.1. The Labute approximate surface area is 178 Å². The van der Waals surface area contributed by atoms with E-state index in [9.17, 15) is 9.59 Å². The Kier molecular flexibility index (Phi) is 6.34. The molecule has 2 fully saturated rings. The van der Waals surface area contributed by atoms with Crippen molar-refractivity contribution in [1.29, 1.82) is 0 Å². The van der Waals surface area contributed by atoms with Crippen molar-refractivity contribution in [2.75, 3.05) is 46.3 Å². The van der Waals surface area contributed by atoms with Crippen molar-refractivity contribution in [3.63, 3.8) is 0 Å². The van der Waals surface area contributed by atoms with E-state index < -0.39 is 12.2 Å². The van der Waals surface area contributed by atoms with Gasteiger partial charge in [0.05, 0.1) is 6.54 Å². The largest absolute Gasteiger partial charge is 0.344 e. The molecule has 1 aromatic carbocycles. The van der Waals surface area contributed by atoms with Gasteiger partial charge in [-0.25, -0.2) is 9.79 Å². The van der Waals surface area contributed by atoms with Gasteiger partial charge in [0, 0.05) is 46.3 Å². The number of carbonyl (C=O) groups excluding carboxylic acids is 2. The number of carbonyl (C=O) groups is 2. The summed E-state index contributed by atoms with van der Waals surface area (Å²) in [6, 6.07) is 9.81. The quantitative estimate of drug-likeness (QED) is 0.729. The van der Waals surface area contributed by atoms with Crippen LogP contribution in [0.2, 0.25) is 0 Å². The first-order chi connectivity index (χ1) is 14.6. The van der Waals surface area contributed by atoms with Crippen LogP contribution < -0.4 is 5.32 Å². The van der Waals surface area contributed by atoms with E-state index in [2.05, 4.69) is 57.3 Å². The van der Waals surface area contributed by atoms with Gasteiger partial charge in [0.15, 0.2) is 12.2 Å². The summed E-state index contributed by atoms with van der Waals surface area (Å²) in [6.45, 7) is 8.63. The Morgan fingerprint density at radius 2 is 1.70 bits per heavy atom. The van der Waals surface area contributed by atoms with Crippen molar-refractivity contribution in [3.05, 3.63) is 35.9 Å². The molecule has 2 saturated heterocycles. The van der Waals surface area contributed by atoms with Crippen molar-refractivity contribution in [1.82, 2.24) is 24.9 Å².